The molecule has 0 bridgehead atoms. The Balaban J connectivity index is 1.50. The van der Waals surface area contributed by atoms with Gasteiger partial charge in [0.2, 0.25) is 0 Å². The van der Waals surface area contributed by atoms with E-state index in [1.54, 1.807) is 12.3 Å². The first-order valence-corrected chi connectivity index (χ1v) is 8.46. The first-order valence-electron chi connectivity index (χ1n) is 8.46. The van der Waals surface area contributed by atoms with Gasteiger partial charge in [0, 0.05) is 10.8 Å². The van der Waals surface area contributed by atoms with Gasteiger partial charge in [-0.25, -0.2) is 4.68 Å². The smallest absolute Gasteiger partial charge is 0.274 e. The number of ether oxygens (including phenoxy) is 1. The predicted molar refractivity (Wildman–Crippen MR) is 101 cm³/mol. The molecule has 1 N–H and O–H groups in total. The molecular weight excluding hydrogens is 328 g/mol. The zero-order valence-corrected chi connectivity index (χ0v) is 14.1. The molecule has 130 valence electrons. The van der Waals surface area contributed by atoms with E-state index in [1.165, 1.54) is 4.68 Å². The first kappa shape index (κ1) is 16.3. The average Bonchev–Trinajstić information content (AvgIpc) is 2.69. The Hall–Kier alpha value is -3.18. The fraction of sp³-hybridized carbons (Fsp3) is 0.143. The third-order valence-corrected chi connectivity index (χ3v) is 4.33. The zero-order valence-electron chi connectivity index (χ0n) is 14.1. The number of aliphatic hydroxyl groups excluding tert-OH is 1. The molecular formula is C21H18N2O3. The summed E-state index contributed by atoms with van der Waals surface area (Å²) in [6.45, 7) is 0.156. The van der Waals surface area contributed by atoms with Crippen molar-refractivity contribution < 1.29 is 9.84 Å². The predicted octanol–water partition coefficient (Wildman–Crippen LogP) is 2.99. The number of aliphatic hydroxyl groups is 1. The van der Waals surface area contributed by atoms with Gasteiger partial charge in [-0.2, -0.15) is 5.10 Å². The van der Waals surface area contributed by atoms with E-state index in [0.717, 1.165) is 16.2 Å². The lowest BCUT2D eigenvalue weighted by atomic mass is 10.1. The second-order valence-electron chi connectivity index (χ2n) is 6.16. The molecule has 4 aromatic rings. The molecule has 4 rings (SSSR count). The summed E-state index contributed by atoms with van der Waals surface area (Å²) < 4.78 is 7.06. The van der Waals surface area contributed by atoms with E-state index in [2.05, 4.69) is 5.10 Å². The van der Waals surface area contributed by atoms with Gasteiger partial charge in [-0.3, -0.25) is 4.79 Å². The van der Waals surface area contributed by atoms with E-state index in [-0.39, 0.29) is 18.7 Å². The highest BCUT2D eigenvalue weighted by atomic mass is 16.5. The second kappa shape index (κ2) is 6.98. The maximum absolute atomic E-state index is 12.5. The molecule has 0 aliphatic carbocycles. The van der Waals surface area contributed by atoms with Crippen LogP contribution < -0.4 is 10.3 Å². The SMILES string of the molecule is O=c1c2ccccc2cnn1C[C@@H](O)COc1cccc2ccccc12. The zero-order chi connectivity index (χ0) is 17.9. The Kier molecular flexibility index (Phi) is 4.37. The van der Waals surface area contributed by atoms with Crippen molar-refractivity contribution in [2.75, 3.05) is 6.61 Å². The Morgan fingerprint density at radius 1 is 0.923 bits per heavy atom. The number of rotatable bonds is 5. The van der Waals surface area contributed by atoms with Gasteiger partial charge in [0.25, 0.3) is 5.56 Å². The summed E-state index contributed by atoms with van der Waals surface area (Å²) in [7, 11) is 0. The Bertz CT molecular complexity index is 1120. The van der Waals surface area contributed by atoms with Crippen LogP contribution in [-0.2, 0) is 6.54 Å². The summed E-state index contributed by atoms with van der Waals surface area (Å²) in [6, 6.07) is 21.0. The Morgan fingerprint density at radius 3 is 2.46 bits per heavy atom. The highest BCUT2D eigenvalue weighted by Gasteiger charge is 2.11. The van der Waals surface area contributed by atoms with Crippen LogP contribution >= 0.6 is 0 Å². The van der Waals surface area contributed by atoms with Crippen molar-refractivity contribution in [3.8, 4) is 5.75 Å². The van der Waals surface area contributed by atoms with Gasteiger partial charge >= 0.3 is 0 Å². The van der Waals surface area contributed by atoms with Gasteiger partial charge in [0.05, 0.1) is 18.1 Å². The molecule has 0 unspecified atom stereocenters. The highest BCUT2D eigenvalue weighted by Crippen LogP contribution is 2.25. The van der Waals surface area contributed by atoms with Crippen LogP contribution in [0, 0.1) is 0 Å². The van der Waals surface area contributed by atoms with Gasteiger partial charge < -0.3 is 9.84 Å². The number of hydrogen-bond donors (Lipinski definition) is 1. The third-order valence-electron chi connectivity index (χ3n) is 4.33. The van der Waals surface area contributed by atoms with Crippen molar-refractivity contribution in [2.24, 2.45) is 0 Å². The molecule has 0 aliphatic rings. The summed E-state index contributed by atoms with van der Waals surface area (Å²) in [4.78, 5) is 12.5. The van der Waals surface area contributed by atoms with Crippen molar-refractivity contribution in [2.45, 2.75) is 12.6 Å². The summed E-state index contributed by atoms with van der Waals surface area (Å²) in [6.07, 6.45) is 0.787. The fourth-order valence-corrected chi connectivity index (χ4v) is 3.02. The minimum atomic E-state index is -0.847. The van der Waals surface area contributed by atoms with Crippen LogP contribution in [0.2, 0.25) is 0 Å². The maximum Gasteiger partial charge on any atom is 0.274 e. The molecule has 5 heteroatoms. The Labute approximate surface area is 150 Å². The number of nitrogens with zero attached hydrogens (tertiary/aromatic N) is 2. The molecule has 0 fully saturated rings. The van der Waals surface area contributed by atoms with E-state index in [0.29, 0.717) is 11.1 Å². The van der Waals surface area contributed by atoms with Crippen LogP contribution in [0.5, 0.6) is 5.75 Å². The second-order valence-corrected chi connectivity index (χ2v) is 6.16. The molecule has 0 saturated heterocycles. The van der Waals surface area contributed by atoms with Crippen molar-refractivity contribution in [1.29, 1.82) is 0 Å². The molecule has 1 aromatic heterocycles. The van der Waals surface area contributed by atoms with Gasteiger partial charge in [-0.05, 0) is 17.5 Å². The fourth-order valence-electron chi connectivity index (χ4n) is 3.02. The summed E-state index contributed by atoms with van der Waals surface area (Å²) in [5.74, 6) is 0.709. The average molecular weight is 346 g/mol. The van der Waals surface area contributed by atoms with Crippen LogP contribution in [0.3, 0.4) is 0 Å². The number of benzene rings is 3. The van der Waals surface area contributed by atoms with E-state index in [9.17, 15) is 9.90 Å². The number of aromatic nitrogens is 2. The molecule has 0 aliphatic heterocycles. The first-order chi connectivity index (χ1) is 12.7. The highest BCUT2D eigenvalue weighted by molar-refractivity contribution is 5.88. The van der Waals surface area contributed by atoms with E-state index < -0.39 is 6.10 Å². The largest absolute Gasteiger partial charge is 0.490 e. The summed E-state index contributed by atoms with van der Waals surface area (Å²) >= 11 is 0. The van der Waals surface area contributed by atoms with Gasteiger partial charge in [-0.1, -0.05) is 54.6 Å². The lowest BCUT2D eigenvalue weighted by Crippen LogP contribution is -2.31. The lowest BCUT2D eigenvalue weighted by molar-refractivity contribution is 0.0888. The standard InChI is InChI=1S/C21H18N2O3/c24-17(13-23-21(25)19-10-4-2-7-16(19)12-22-23)14-26-20-11-5-8-15-6-1-3-9-18(15)20/h1-12,17,24H,13-14H2/t17-/m1/s1. The van der Waals surface area contributed by atoms with E-state index in [4.69, 9.17) is 4.74 Å². The molecule has 1 atom stereocenters. The number of fused-ring (bicyclic) bond motifs is 2. The van der Waals surface area contributed by atoms with Crippen LogP contribution in [0.15, 0.2) is 77.7 Å². The molecule has 5 nitrogen and oxygen atoms in total. The van der Waals surface area contributed by atoms with Crippen molar-refractivity contribution >= 4 is 21.5 Å². The normalized spacial score (nSPS) is 12.3. The number of hydrogen-bond acceptors (Lipinski definition) is 4. The topological polar surface area (TPSA) is 64.4 Å². The van der Waals surface area contributed by atoms with Crippen molar-refractivity contribution in [3.63, 3.8) is 0 Å². The van der Waals surface area contributed by atoms with Gasteiger partial charge in [0.15, 0.2) is 0 Å². The van der Waals surface area contributed by atoms with Crippen LogP contribution in [0.1, 0.15) is 0 Å². The molecule has 1 heterocycles. The molecule has 26 heavy (non-hydrogen) atoms. The van der Waals surface area contributed by atoms with Crippen molar-refractivity contribution in [1.82, 2.24) is 9.78 Å². The molecule has 0 amide bonds. The minimum Gasteiger partial charge on any atom is -0.490 e. The quantitative estimate of drug-likeness (QED) is 0.603. The molecule has 0 spiro atoms. The van der Waals surface area contributed by atoms with Crippen LogP contribution in [-0.4, -0.2) is 27.6 Å². The Morgan fingerprint density at radius 2 is 1.62 bits per heavy atom. The summed E-state index contributed by atoms with van der Waals surface area (Å²) in [5, 5.41) is 17.9. The molecule has 3 aromatic carbocycles. The van der Waals surface area contributed by atoms with Crippen molar-refractivity contribution in [3.05, 3.63) is 83.3 Å². The van der Waals surface area contributed by atoms with E-state index in [1.807, 2.05) is 60.7 Å². The van der Waals surface area contributed by atoms with Gasteiger partial charge in [-0.15, -0.1) is 0 Å². The minimum absolute atomic E-state index is 0.0778. The lowest BCUT2D eigenvalue weighted by Gasteiger charge is -2.14. The summed E-state index contributed by atoms with van der Waals surface area (Å²) in [5.41, 5.74) is -0.215. The molecule has 0 saturated carbocycles. The maximum atomic E-state index is 12.5. The molecule has 0 radical (unpaired) electrons. The van der Waals surface area contributed by atoms with Gasteiger partial charge in [0.1, 0.15) is 18.5 Å². The monoisotopic (exact) mass is 346 g/mol. The van der Waals surface area contributed by atoms with Crippen LogP contribution in [0.4, 0.5) is 0 Å². The third kappa shape index (κ3) is 3.17. The van der Waals surface area contributed by atoms with Crippen LogP contribution in [0.25, 0.3) is 21.5 Å². The van der Waals surface area contributed by atoms with E-state index >= 15 is 0 Å².